The number of aliphatic hydroxyl groups is 1. The molecule has 3 atom stereocenters. The predicted molar refractivity (Wildman–Crippen MR) is 127 cm³/mol. The molecule has 8 nitrogen and oxygen atoms in total. The molecule has 34 heavy (non-hydrogen) atoms. The van der Waals surface area contributed by atoms with Crippen LogP contribution in [0.2, 0.25) is 0 Å². The van der Waals surface area contributed by atoms with Crippen molar-refractivity contribution in [3.05, 3.63) is 72.0 Å². The van der Waals surface area contributed by atoms with Crippen molar-refractivity contribution in [2.45, 2.75) is 25.6 Å². The molecule has 0 spiro atoms. The average molecular weight is 472 g/mol. The van der Waals surface area contributed by atoms with E-state index in [4.69, 9.17) is 24.1 Å². The highest BCUT2D eigenvalue weighted by molar-refractivity contribution is 6.03. The quantitative estimate of drug-likeness (QED) is 0.304. The summed E-state index contributed by atoms with van der Waals surface area (Å²) in [5.41, 5.74) is 1.35. The van der Waals surface area contributed by atoms with Crippen molar-refractivity contribution in [1.82, 2.24) is 0 Å². The van der Waals surface area contributed by atoms with E-state index in [2.05, 4.69) is 5.32 Å². The summed E-state index contributed by atoms with van der Waals surface area (Å²) < 4.78 is 22.9. The van der Waals surface area contributed by atoms with Gasteiger partial charge in [0.05, 0.1) is 32.1 Å². The highest BCUT2D eigenvalue weighted by Gasteiger charge is 2.38. The second-order valence-electron chi connectivity index (χ2n) is 7.78. The minimum absolute atomic E-state index is 0.0136. The number of amides is 1. The van der Waals surface area contributed by atoms with Crippen LogP contribution in [0.1, 0.15) is 24.8 Å². The van der Waals surface area contributed by atoms with E-state index in [1.54, 1.807) is 18.2 Å². The zero-order chi connectivity index (χ0) is 24.2. The number of aliphatic hydroxyl groups excluding tert-OH is 1. The number of carbonyl (C=O) groups excluding carboxylic acids is 1. The van der Waals surface area contributed by atoms with Gasteiger partial charge in [0, 0.05) is 25.0 Å². The van der Waals surface area contributed by atoms with Crippen LogP contribution in [0.4, 0.5) is 5.69 Å². The molecule has 0 unspecified atom stereocenters. The Morgan fingerprint density at radius 1 is 1.00 bits per heavy atom. The number of aromatic hydroxyl groups is 1. The monoisotopic (exact) mass is 471 g/mol. The van der Waals surface area contributed by atoms with Crippen molar-refractivity contribution in [3.63, 3.8) is 0 Å². The van der Waals surface area contributed by atoms with E-state index in [9.17, 15) is 9.90 Å². The normalized spacial score (nSPS) is 19.8. The number of anilines is 1. The molecule has 1 aliphatic heterocycles. The van der Waals surface area contributed by atoms with Crippen LogP contribution in [0.3, 0.4) is 0 Å². The molecule has 3 N–H and O–H groups in total. The van der Waals surface area contributed by atoms with Gasteiger partial charge in [-0.2, -0.15) is 0 Å². The Labute approximate surface area is 200 Å². The third-order valence-electron chi connectivity index (χ3n) is 5.48. The smallest absolute Gasteiger partial charge is 0.290 e. The molecule has 0 saturated heterocycles. The number of benzene rings is 2. The molecular weight excluding hydrogens is 438 g/mol. The number of rotatable bonds is 13. The van der Waals surface area contributed by atoms with Gasteiger partial charge in [-0.05, 0) is 37.1 Å². The molecule has 0 aliphatic carbocycles. The molecule has 0 fully saturated rings. The summed E-state index contributed by atoms with van der Waals surface area (Å²) in [6.07, 6.45) is 1.82. The van der Waals surface area contributed by atoms with Gasteiger partial charge in [-0.3, -0.25) is 4.79 Å². The summed E-state index contributed by atoms with van der Waals surface area (Å²) >= 11 is 0. The third kappa shape index (κ3) is 7.30. The van der Waals surface area contributed by atoms with E-state index in [0.717, 1.165) is 5.56 Å². The first kappa shape index (κ1) is 25.7. The van der Waals surface area contributed by atoms with Crippen molar-refractivity contribution in [3.8, 4) is 5.75 Å². The minimum Gasteiger partial charge on any atom is -0.506 e. The van der Waals surface area contributed by atoms with Crippen molar-refractivity contribution in [1.29, 1.82) is 0 Å². The fourth-order valence-electron chi connectivity index (χ4n) is 3.86. The van der Waals surface area contributed by atoms with Crippen LogP contribution in [-0.4, -0.2) is 62.1 Å². The first-order valence-electron chi connectivity index (χ1n) is 11.5. The predicted octanol–water partition coefficient (Wildman–Crippen LogP) is 3.42. The van der Waals surface area contributed by atoms with E-state index in [1.165, 1.54) is 6.07 Å². The van der Waals surface area contributed by atoms with Crippen molar-refractivity contribution < 1.29 is 34.0 Å². The Morgan fingerprint density at radius 2 is 1.71 bits per heavy atom. The lowest BCUT2D eigenvalue weighted by Gasteiger charge is -2.37. The van der Waals surface area contributed by atoms with Crippen LogP contribution >= 0.6 is 0 Å². The zero-order valence-corrected chi connectivity index (χ0v) is 19.4. The molecular formula is C26H33NO7. The van der Waals surface area contributed by atoms with Gasteiger partial charge in [0.25, 0.3) is 5.91 Å². The highest BCUT2D eigenvalue weighted by atomic mass is 16.7. The first-order chi connectivity index (χ1) is 16.6. The largest absolute Gasteiger partial charge is 0.506 e. The number of nitrogens with one attached hydrogen (secondary N) is 1. The number of phenolic OH excluding ortho intramolecular Hbond substituents is 1. The summed E-state index contributed by atoms with van der Waals surface area (Å²) in [5.74, 6) is -0.549. The van der Waals surface area contributed by atoms with E-state index in [0.29, 0.717) is 45.1 Å². The Morgan fingerprint density at radius 3 is 2.41 bits per heavy atom. The Hall–Kier alpha value is -2.91. The molecule has 0 bridgehead atoms. The molecule has 0 radical (unpaired) electrons. The van der Waals surface area contributed by atoms with Gasteiger partial charge in [0.15, 0.2) is 5.76 Å². The maximum Gasteiger partial charge on any atom is 0.290 e. The standard InChI is InChI=1S/C26H33NO7/c1-2-33-26-20(12-14-31-16-17-32-15-13-28)21(19-8-4-3-5-9-19)18-24(34-26)25(30)27-22-10-6-7-11-23(22)29/h3-11,18,20-21,26,28-29H,2,12-17H2,1H3,(H,27,30)/t20-,21-,26-/m1/s1. The number of para-hydroxylation sites is 2. The average Bonchev–Trinajstić information content (AvgIpc) is 2.86. The van der Waals surface area contributed by atoms with Gasteiger partial charge in [-0.15, -0.1) is 0 Å². The number of hydrogen-bond donors (Lipinski definition) is 3. The summed E-state index contributed by atoms with van der Waals surface area (Å²) in [4.78, 5) is 13.0. The number of carbonyl (C=O) groups is 1. The van der Waals surface area contributed by atoms with Crippen LogP contribution < -0.4 is 5.32 Å². The lowest BCUT2D eigenvalue weighted by molar-refractivity contribution is -0.166. The fourth-order valence-corrected chi connectivity index (χ4v) is 3.86. The Bertz CT molecular complexity index is 918. The molecule has 1 heterocycles. The lowest BCUT2D eigenvalue weighted by Crippen LogP contribution is -2.38. The second-order valence-corrected chi connectivity index (χ2v) is 7.78. The fraction of sp³-hybridized carbons (Fsp3) is 0.423. The SMILES string of the molecule is CCO[C@@H]1OC(C(=O)Nc2ccccc2O)=C[C@H](c2ccccc2)[C@H]1CCOCCOCCO. The van der Waals surface area contributed by atoms with Crippen LogP contribution in [0, 0.1) is 5.92 Å². The summed E-state index contributed by atoms with van der Waals surface area (Å²) in [5, 5.41) is 21.5. The molecule has 2 aromatic rings. The lowest BCUT2D eigenvalue weighted by atomic mass is 9.81. The number of hydrogen-bond acceptors (Lipinski definition) is 7. The van der Waals surface area contributed by atoms with Crippen LogP contribution in [0.25, 0.3) is 0 Å². The van der Waals surface area contributed by atoms with Gasteiger partial charge in [0.1, 0.15) is 5.75 Å². The van der Waals surface area contributed by atoms with Gasteiger partial charge >= 0.3 is 0 Å². The highest BCUT2D eigenvalue weighted by Crippen LogP contribution is 2.39. The Balaban J connectivity index is 1.77. The van der Waals surface area contributed by atoms with Gasteiger partial charge < -0.3 is 34.5 Å². The number of ether oxygens (including phenoxy) is 4. The van der Waals surface area contributed by atoms with Crippen molar-refractivity contribution in [2.24, 2.45) is 5.92 Å². The maximum absolute atomic E-state index is 13.0. The summed E-state index contributed by atoms with van der Waals surface area (Å²) in [6.45, 7) is 3.89. The van der Waals surface area contributed by atoms with E-state index >= 15 is 0 Å². The Kier molecular flexibility index (Phi) is 10.4. The van der Waals surface area contributed by atoms with Crippen molar-refractivity contribution in [2.75, 3.05) is 45.0 Å². The maximum atomic E-state index is 13.0. The van der Waals surface area contributed by atoms with Crippen LogP contribution in [0.5, 0.6) is 5.75 Å². The molecule has 1 amide bonds. The molecule has 1 aliphatic rings. The number of phenols is 1. The van der Waals surface area contributed by atoms with Crippen LogP contribution in [0.15, 0.2) is 66.4 Å². The third-order valence-corrected chi connectivity index (χ3v) is 5.48. The van der Waals surface area contributed by atoms with Gasteiger partial charge in [-0.1, -0.05) is 42.5 Å². The van der Waals surface area contributed by atoms with Gasteiger partial charge in [-0.25, -0.2) is 0 Å². The van der Waals surface area contributed by atoms with E-state index < -0.39 is 12.2 Å². The summed E-state index contributed by atoms with van der Waals surface area (Å²) in [6, 6.07) is 16.4. The molecule has 0 saturated carbocycles. The molecule has 0 aromatic heterocycles. The van der Waals surface area contributed by atoms with Crippen molar-refractivity contribution >= 4 is 11.6 Å². The van der Waals surface area contributed by atoms with E-state index in [1.807, 2.05) is 43.3 Å². The first-order valence-corrected chi connectivity index (χ1v) is 11.5. The molecule has 184 valence electrons. The molecule has 3 rings (SSSR count). The molecule has 8 heteroatoms. The van der Waals surface area contributed by atoms with E-state index in [-0.39, 0.29) is 30.0 Å². The van der Waals surface area contributed by atoms with Gasteiger partial charge in [0.2, 0.25) is 6.29 Å². The number of allylic oxidation sites excluding steroid dienone is 1. The second kappa shape index (κ2) is 13.7. The summed E-state index contributed by atoms with van der Waals surface area (Å²) in [7, 11) is 0. The zero-order valence-electron chi connectivity index (χ0n) is 19.4. The molecule has 2 aromatic carbocycles. The topological polar surface area (TPSA) is 106 Å². The van der Waals surface area contributed by atoms with Crippen LogP contribution in [-0.2, 0) is 23.7 Å². The minimum atomic E-state index is -0.639.